The van der Waals surface area contributed by atoms with Crippen molar-refractivity contribution in [3.8, 4) is 0 Å². The lowest BCUT2D eigenvalue weighted by atomic mass is 9.85. The molecular formula is C33H55N5O7. The number of piperidine rings is 1. The molecule has 0 aromatic rings. The van der Waals surface area contributed by atoms with Crippen LogP contribution in [0.3, 0.4) is 0 Å². The highest BCUT2D eigenvalue weighted by Gasteiger charge is 2.70. The minimum atomic E-state index is -1.10. The Morgan fingerprint density at radius 3 is 1.93 bits per heavy atom. The Morgan fingerprint density at radius 1 is 0.889 bits per heavy atom. The molecule has 5 amide bonds. The zero-order chi connectivity index (χ0) is 34.4. The number of Topliss-reactive ketones (excluding diaryl/α,β-unsaturated/α-hetero) is 1. The van der Waals surface area contributed by atoms with Crippen molar-refractivity contribution in [1.82, 2.24) is 20.9 Å². The second kappa shape index (κ2) is 12.5. The van der Waals surface area contributed by atoms with Crippen LogP contribution in [0.2, 0.25) is 0 Å². The van der Waals surface area contributed by atoms with Crippen LogP contribution in [0.4, 0.5) is 4.79 Å². The number of hydrogen-bond donors (Lipinski definition) is 4. The molecule has 1 aliphatic heterocycles. The van der Waals surface area contributed by atoms with Crippen molar-refractivity contribution in [2.24, 2.45) is 45.1 Å². The number of nitrogens with two attached hydrogens (primary N) is 1. The number of fused-ring (bicyclic) bond motifs is 1. The van der Waals surface area contributed by atoms with E-state index in [1.165, 1.54) is 4.90 Å². The number of nitrogens with zero attached hydrogens (tertiary/aromatic N) is 1. The molecule has 1 saturated heterocycles. The number of ether oxygens (including phenoxy) is 1. The van der Waals surface area contributed by atoms with Gasteiger partial charge in [-0.15, -0.1) is 0 Å². The summed E-state index contributed by atoms with van der Waals surface area (Å²) in [4.78, 5) is 79.7. The van der Waals surface area contributed by atoms with Crippen LogP contribution in [0.15, 0.2) is 0 Å². The van der Waals surface area contributed by atoms with Crippen LogP contribution in [-0.2, 0) is 28.7 Å². The van der Waals surface area contributed by atoms with Crippen molar-refractivity contribution in [2.75, 3.05) is 13.2 Å². The first-order chi connectivity index (χ1) is 20.4. The molecule has 1 heterocycles. The summed E-state index contributed by atoms with van der Waals surface area (Å²) in [5.74, 6) is -3.06. The Hall–Kier alpha value is -3.18. The molecule has 2 saturated carbocycles. The molecule has 3 fully saturated rings. The number of primary amides is 1. The predicted octanol–water partition coefficient (Wildman–Crippen LogP) is 2.53. The predicted molar refractivity (Wildman–Crippen MR) is 168 cm³/mol. The molecule has 3 rings (SSSR count). The zero-order valence-corrected chi connectivity index (χ0v) is 29.0. The SMILES string of the molecule is CC(C)(C)C(=O)OC[C@@H](NC(=O)NC(C(=O)N1C[C@H]2[C@@H](C1C(=O)NC(CC1CC1)C(=O)C(N)=O)C2(C)C)C(C)(C)C)C(C)(C)C. The van der Waals surface area contributed by atoms with Crippen molar-refractivity contribution in [1.29, 1.82) is 0 Å². The number of likely N-dealkylation sites (tertiary alicyclic amines) is 1. The molecular weight excluding hydrogens is 578 g/mol. The van der Waals surface area contributed by atoms with E-state index in [2.05, 4.69) is 16.0 Å². The first kappa shape index (κ1) is 36.3. The lowest BCUT2D eigenvalue weighted by molar-refractivity contribution is -0.154. The third-order valence-electron chi connectivity index (χ3n) is 9.63. The summed E-state index contributed by atoms with van der Waals surface area (Å²) in [7, 11) is 0. The van der Waals surface area contributed by atoms with Gasteiger partial charge in [0.05, 0.1) is 17.5 Å². The van der Waals surface area contributed by atoms with Gasteiger partial charge < -0.3 is 31.3 Å². The van der Waals surface area contributed by atoms with Gasteiger partial charge in [0.2, 0.25) is 17.6 Å². The lowest BCUT2D eigenvalue weighted by Gasteiger charge is -2.38. The lowest BCUT2D eigenvalue weighted by Crippen LogP contribution is -2.62. The molecule has 12 nitrogen and oxygen atoms in total. The molecule has 3 unspecified atom stereocenters. The molecule has 3 aliphatic rings. The van der Waals surface area contributed by atoms with Crippen LogP contribution in [-0.4, -0.2) is 77.7 Å². The zero-order valence-electron chi connectivity index (χ0n) is 29.0. The highest BCUT2D eigenvalue weighted by atomic mass is 16.5. The summed E-state index contributed by atoms with van der Waals surface area (Å²) in [6, 6.07) is -4.06. The maximum absolute atomic E-state index is 14.2. The van der Waals surface area contributed by atoms with Gasteiger partial charge in [-0.3, -0.25) is 24.0 Å². The highest BCUT2D eigenvalue weighted by molar-refractivity contribution is 6.37. The maximum Gasteiger partial charge on any atom is 0.315 e. The molecule has 0 radical (unpaired) electrons. The van der Waals surface area contributed by atoms with Crippen LogP contribution < -0.4 is 21.7 Å². The fourth-order valence-corrected chi connectivity index (χ4v) is 6.19. The number of rotatable bonds is 11. The molecule has 45 heavy (non-hydrogen) atoms. The summed E-state index contributed by atoms with van der Waals surface area (Å²) in [5, 5.41) is 8.50. The van der Waals surface area contributed by atoms with Gasteiger partial charge in [0.15, 0.2) is 0 Å². The largest absolute Gasteiger partial charge is 0.463 e. The topological polar surface area (TPSA) is 177 Å². The minimum Gasteiger partial charge on any atom is -0.463 e. The van der Waals surface area contributed by atoms with E-state index in [4.69, 9.17) is 10.5 Å². The molecule has 0 aromatic carbocycles. The Kier molecular flexibility index (Phi) is 10.1. The van der Waals surface area contributed by atoms with E-state index in [9.17, 15) is 28.8 Å². The fraction of sp³-hybridized carbons (Fsp3) is 0.818. The quantitative estimate of drug-likeness (QED) is 0.200. The van der Waals surface area contributed by atoms with Gasteiger partial charge in [-0.1, -0.05) is 68.2 Å². The summed E-state index contributed by atoms with van der Waals surface area (Å²) >= 11 is 0. The Labute approximate surface area is 267 Å². The number of amides is 5. The van der Waals surface area contributed by atoms with Crippen molar-refractivity contribution in [3.05, 3.63) is 0 Å². The standard InChI is InChI=1S/C33H55N5O7/c1-30(2,3)20(16-45-28(43)32(7,8)9)36-29(44)37-24(31(4,5)6)27(42)38-15-18-21(33(18,10)11)22(38)26(41)35-19(14-17-12-13-17)23(39)25(34)40/h17-22,24H,12-16H2,1-11H3,(H2,34,40)(H,35,41)(H2,36,37,44)/t18-,19?,20+,21-,22?,24?/m0/s1. The Morgan fingerprint density at radius 2 is 1.47 bits per heavy atom. The van der Waals surface area contributed by atoms with Gasteiger partial charge in [0.1, 0.15) is 18.7 Å². The van der Waals surface area contributed by atoms with Gasteiger partial charge in [0.25, 0.3) is 5.91 Å². The van der Waals surface area contributed by atoms with E-state index in [1.807, 2.05) is 55.4 Å². The fourth-order valence-electron chi connectivity index (χ4n) is 6.19. The van der Waals surface area contributed by atoms with Crippen molar-refractivity contribution < 1.29 is 33.5 Å². The molecule has 5 N–H and O–H groups in total. The molecule has 12 heteroatoms. The summed E-state index contributed by atoms with van der Waals surface area (Å²) in [6.45, 7) is 20.9. The number of hydrogen-bond acceptors (Lipinski definition) is 7. The number of ketones is 1. The highest BCUT2D eigenvalue weighted by Crippen LogP contribution is 2.65. The van der Waals surface area contributed by atoms with Crippen LogP contribution in [0, 0.1) is 39.4 Å². The van der Waals surface area contributed by atoms with Crippen molar-refractivity contribution >= 4 is 35.5 Å². The van der Waals surface area contributed by atoms with Gasteiger partial charge in [-0.2, -0.15) is 0 Å². The summed E-state index contributed by atoms with van der Waals surface area (Å²) in [6.07, 6.45) is 2.17. The van der Waals surface area contributed by atoms with E-state index in [-0.39, 0.29) is 29.8 Å². The Bertz CT molecular complexity index is 1210. The summed E-state index contributed by atoms with van der Waals surface area (Å²) < 4.78 is 5.51. The number of carbonyl (C=O) groups is 6. The number of carbonyl (C=O) groups excluding carboxylic acids is 6. The average Bonchev–Trinajstić information content (AvgIpc) is 3.73. The van der Waals surface area contributed by atoms with E-state index in [1.54, 1.807) is 20.8 Å². The third-order valence-corrected chi connectivity index (χ3v) is 9.63. The minimum absolute atomic E-state index is 0.0417. The monoisotopic (exact) mass is 633 g/mol. The normalized spacial score (nSPS) is 24.4. The molecule has 254 valence electrons. The smallest absolute Gasteiger partial charge is 0.315 e. The van der Waals surface area contributed by atoms with Crippen molar-refractivity contribution in [3.63, 3.8) is 0 Å². The third kappa shape index (κ3) is 8.55. The number of urea groups is 1. The summed E-state index contributed by atoms with van der Waals surface area (Å²) in [5.41, 5.74) is 3.20. The molecule has 0 spiro atoms. The van der Waals surface area contributed by atoms with E-state index in [0.717, 1.165) is 12.8 Å². The van der Waals surface area contributed by atoms with Gasteiger partial charge >= 0.3 is 12.0 Å². The molecule has 6 atom stereocenters. The second-order valence-corrected chi connectivity index (χ2v) is 17.0. The van der Waals surface area contributed by atoms with Gasteiger partial charge in [0, 0.05) is 6.54 Å². The molecule has 2 aliphatic carbocycles. The van der Waals surface area contributed by atoms with Gasteiger partial charge in [-0.25, -0.2) is 4.79 Å². The average molecular weight is 634 g/mol. The van der Waals surface area contributed by atoms with Crippen LogP contribution in [0.5, 0.6) is 0 Å². The number of nitrogens with one attached hydrogen (secondary N) is 3. The maximum atomic E-state index is 14.2. The first-order valence-electron chi connectivity index (χ1n) is 16.1. The molecule has 0 aromatic heterocycles. The Balaban J connectivity index is 1.80. The molecule has 0 bridgehead atoms. The second-order valence-electron chi connectivity index (χ2n) is 17.0. The first-order valence-corrected chi connectivity index (χ1v) is 16.1. The number of esters is 1. The van der Waals surface area contributed by atoms with Crippen LogP contribution in [0.25, 0.3) is 0 Å². The van der Waals surface area contributed by atoms with Gasteiger partial charge in [-0.05, 0) is 61.2 Å². The van der Waals surface area contributed by atoms with Crippen LogP contribution in [0.1, 0.15) is 95.4 Å². The van der Waals surface area contributed by atoms with E-state index < -0.39 is 75.9 Å². The van der Waals surface area contributed by atoms with Crippen LogP contribution >= 0.6 is 0 Å². The van der Waals surface area contributed by atoms with Crippen molar-refractivity contribution in [2.45, 2.75) is 120 Å². The van der Waals surface area contributed by atoms with E-state index in [0.29, 0.717) is 13.0 Å². The van der Waals surface area contributed by atoms with E-state index >= 15 is 0 Å².